The molecular weight excluding hydrogens is 325 g/mol. The van der Waals surface area contributed by atoms with Crippen LogP contribution in [0.5, 0.6) is 0 Å². The van der Waals surface area contributed by atoms with Crippen LogP contribution >= 0.6 is 0 Å². The lowest BCUT2D eigenvalue weighted by atomic mass is 10.1. The maximum atomic E-state index is 13.2. The van der Waals surface area contributed by atoms with Crippen LogP contribution in [0.4, 0.5) is 4.39 Å². The first-order valence-corrected chi connectivity index (χ1v) is 8.72. The Bertz CT molecular complexity index is 611. The summed E-state index contributed by atoms with van der Waals surface area (Å²) in [6.45, 7) is 5.50. The fourth-order valence-electron chi connectivity index (χ4n) is 3.19. The Balaban J connectivity index is 1.43. The van der Waals surface area contributed by atoms with Gasteiger partial charge in [-0.15, -0.1) is 0 Å². The zero-order valence-corrected chi connectivity index (χ0v) is 14.3. The molecule has 2 aliphatic heterocycles. The second-order valence-corrected chi connectivity index (χ2v) is 6.46. The molecule has 2 heterocycles. The van der Waals surface area contributed by atoms with E-state index in [1.54, 1.807) is 17.0 Å². The van der Waals surface area contributed by atoms with Crippen molar-refractivity contribution in [2.45, 2.75) is 6.42 Å². The van der Waals surface area contributed by atoms with E-state index in [1.165, 1.54) is 12.1 Å². The molecule has 7 heteroatoms. The summed E-state index contributed by atoms with van der Waals surface area (Å²) in [4.78, 5) is 30.3. The zero-order chi connectivity index (χ0) is 17.6. The van der Waals surface area contributed by atoms with E-state index in [2.05, 4.69) is 4.90 Å². The van der Waals surface area contributed by atoms with Crippen LogP contribution in [-0.2, 0) is 20.7 Å². The normalized spacial score (nSPS) is 19.1. The minimum Gasteiger partial charge on any atom is -0.378 e. The first-order chi connectivity index (χ1) is 12.1. The first-order valence-electron chi connectivity index (χ1n) is 8.72. The quantitative estimate of drug-likeness (QED) is 0.788. The lowest BCUT2D eigenvalue weighted by Crippen LogP contribution is -2.52. The molecule has 0 unspecified atom stereocenters. The highest BCUT2D eigenvalue weighted by molar-refractivity contribution is 5.79. The van der Waals surface area contributed by atoms with Gasteiger partial charge in [-0.1, -0.05) is 12.1 Å². The van der Waals surface area contributed by atoms with Crippen molar-refractivity contribution in [2.24, 2.45) is 0 Å². The van der Waals surface area contributed by atoms with Crippen molar-refractivity contribution in [3.8, 4) is 0 Å². The lowest BCUT2D eigenvalue weighted by molar-refractivity contribution is -0.137. The fourth-order valence-corrected chi connectivity index (χ4v) is 3.19. The maximum absolute atomic E-state index is 13.2. The van der Waals surface area contributed by atoms with Crippen LogP contribution < -0.4 is 0 Å². The molecule has 0 N–H and O–H groups in total. The number of morpholine rings is 1. The molecule has 2 saturated heterocycles. The summed E-state index contributed by atoms with van der Waals surface area (Å²) in [5.74, 6) is -0.190. The average molecular weight is 349 g/mol. The molecule has 136 valence electrons. The summed E-state index contributed by atoms with van der Waals surface area (Å²) in [7, 11) is 0. The van der Waals surface area contributed by atoms with Crippen LogP contribution in [0.2, 0.25) is 0 Å². The van der Waals surface area contributed by atoms with Crippen molar-refractivity contribution in [2.75, 3.05) is 59.0 Å². The Hall–Kier alpha value is -1.99. The van der Waals surface area contributed by atoms with E-state index in [1.807, 2.05) is 4.90 Å². The maximum Gasteiger partial charge on any atom is 0.236 e. The van der Waals surface area contributed by atoms with Gasteiger partial charge in [-0.3, -0.25) is 14.5 Å². The van der Waals surface area contributed by atoms with Crippen molar-refractivity contribution in [1.82, 2.24) is 14.7 Å². The Morgan fingerprint density at radius 1 is 0.960 bits per heavy atom. The van der Waals surface area contributed by atoms with E-state index in [-0.39, 0.29) is 24.1 Å². The van der Waals surface area contributed by atoms with E-state index < -0.39 is 0 Å². The Kier molecular flexibility index (Phi) is 5.99. The second kappa shape index (κ2) is 8.40. The Labute approximate surface area is 147 Å². The van der Waals surface area contributed by atoms with Gasteiger partial charge in [0.05, 0.1) is 26.2 Å². The number of hydrogen-bond acceptors (Lipinski definition) is 4. The number of amides is 2. The van der Waals surface area contributed by atoms with Gasteiger partial charge in [-0.05, 0) is 17.7 Å². The number of hydrogen-bond donors (Lipinski definition) is 0. The van der Waals surface area contributed by atoms with Gasteiger partial charge >= 0.3 is 0 Å². The smallest absolute Gasteiger partial charge is 0.236 e. The minimum atomic E-state index is -0.322. The van der Waals surface area contributed by atoms with Gasteiger partial charge in [0.2, 0.25) is 11.8 Å². The van der Waals surface area contributed by atoms with Crippen LogP contribution in [0.25, 0.3) is 0 Å². The summed E-state index contributed by atoms with van der Waals surface area (Å²) in [5, 5.41) is 0. The third-order valence-corrected chi connectivity index (χ3v) is 4.69. The molecule has 0 atom stereocenters. The van der Waals surface area contributed by atoms with Crippen LogP contribution in [0.1, 0.15) is 5.56 Å². The number of benzene rings is 1. The highest BCUT2D eigenvalue weighted by Crippen LogP contribution is 2.09. The number of halogens is 1. The fraction of sp³-hybridized carbons (Fsp3) is 0.556. The summed E-state index contributed by atoms with van der Waals surface area (Å²) in [6, 6.07) is 6.15. The molecule has 0 spiro atoms. The summed E-state index contributed by atoms with van der Waals surface area (Å²) in [5.41, 5.74) is 0.690. The summed E-state index contributed by atoms with van der Waals surface area (Å²) in [6.07, 6.45) is 0.213. The SMILES string of the molecule is O=C(Cc1cccc(F)c1)N1CCN(CC(=O)N2CCOCC2)CC1. The predicted octanol–water partition coefficient (Wildman–Crippen LogP) is 0.371. The number of nitrogens with zero attached hydrogens (tertiary/aromatic N) is 3. The van der Waals surface area contributed by atoms with Gasteiger partial charge in [0.1, 0.15) is 5.82 Å². The van der Waals surface area contributed by atoms with E-state index in [4.69, 9.17) is 4.74 Å². The molecule has 6 nitrogen and oxygen atoms in total. The highest BCUT2D eigenvalue weighted by atomic mass is 19.1. The molecule has 25 heavy (non-hydrogen) atoms. The molecular formula is C18H24FN3O3. The van der Waals surface area contributed by atoms with Crippen LogP contribution in [-0.4, -0.2) is 85.5 Å². The Morgan fingerprint density at radius 2 is 1.64 bits per heavy atom. The molecule has 1 aromatic rings. The third kappa shape index (κ3) is 4.99. The van der Waals surface area contributed by atoms with E-state index in [0.717, 1.165) is 0 Å². The van der Waals surface area contributed by atoms with E-state index in [0.29, 0.717) is 64.6 Å². The molecule has 1 aromatic carbocycles. The van der Waals surface area contributed by atoms with Gasteiger partial charge < -0.3 is 14.5 Å². The zero-order valence-electron chi connectivity index (χ0n) is 14.3. The topological polar surface area (TPSA) is 53.1 Å². The average Bonchev–Trinajstić information content (AvgIpc) is 2.63. The molecule has 0 aliphatic carbocycles. The number of rotatable bonds is 4. The molecule has 2 fully saturated rings. The second-order valence-electron chi connectivity index (χ2n) is 6.46. The molecule has 0 bridgehead atoms. The van der Waals surface area contributed by atoms with Crippen molar-refractivity contribution in [1.29, 1.82) is 0 Å². The molecule has 2 aliphatic rings. The number of carbonyl (C=O) groups excluding carboxylic acids is 2. The minimum absolute atomic E-state index is 0.00440. The van der Waals surface area contributed by atoms with Gasteiger partial charge in [0.15, 0.2) is 0 Å². The van der Waals surface area contributed by atoms with E-state index >= 15 is 0 Å². The van der Waals surface area contributed by atoms with Crippen molar-refractivity contribution in [3.05, 3.63) is 35.6 Å². The molecule has 3 rings (SSSR count). The number of ether oxygens (including phenoxy) is 1. The number of carbonyl (C=O) groups is 2. The van der Waals surface area contributed by atoms with Crippen LogP contribution in [0.3, 0.4) is 0 Å². The van der Waals surface area contributed by atoms with Gasteiger partial charge in [-0.2, -0.15) is 0 Å². The molecule has 2 amide bonds. The monoisotopic (exact) mass is 349 g/mol. The Morgan fingerprint density at radius 3 is 2.32 bits per heavy atom. The third-order valence-electron chi connectivity index (χ3n) is 4.69. The highest BCUT2D eigenvalue weighted by Gasteiger charge is 2.24. The molecule has 0 saturated carbocycles. The van der Waals surface area contributed by atoms with Gasteiger partial charge in [0, 0.05) is 39.3 Å². The summed E-state index contributed by atoms with van der Waals surface area (Å²) < 4.78 is 18.5. The van der Waals surface area contributed by atoms with Crippen LogP contribution in [0, 0.1) is 5.82 Å². The lowest BCUT2D eigenvalue weighted by Gasteiger charge is -2.36. The van der Waals surface area contributed by atoms with Gasteiger partial charge in [-0.25, -0.2) is 4.39 Å². The molecule has 0 aromatic heterocycles. The predicted molar refractivity (Wildman–Crippen MR) is 90.5 cm³/mol. The largest absolute Gasteiger partial charge is 0.378 e. The van der Waals surface area contributed by atoms with Crippen molar-refractivity contribution >= 4 is 11.8 Å². The van der Waals surface area contributed by atoms with Crippen molar-refractivity contribution < 1.29 is 18.7 Å². The van der Waals surface area contributed by atoms with Crippen molar-refractivity contribution in [3.63, 3.8) is 0 Å². The number of piperazine rings is 1. The van der Waals surface area contributed by atoms with Crippen LogP contribution in [0.15, 0.2) is 24.3 Å². The standard InChI is InChI=1S/C18H24FN3O3/c19-16-3-1-2-15(12-16)13-17(23)21-6-4-20(5-7-21)14-18(24)22-8-10-25-11-9-22/h1-3,12H,4-11,13-14H2. The molecule has 0 radical (unpaired) electrons. The first kappa shape index (κ1) is 17.8. The summed E-state index contributed by atoms with van der Waals surface area (Å²) >= 11 is 0. The van der Waals surface area contributed by atoms with E-state index in [9.17, 15) is 14.0 Å². The van der Waals surface area contributed by atoms with Gasteiger partial charge in [0.25, 0.3) is 0 Å².